The van der Waals surface area contributed by atoms with E-state index in [4.69, 9.17) is 0 Å². The van der Waals surface area contributed by atoms with Crippen LogP contribution in [0.5, 0.6) is 0 Å². The van der Waals surface area contributed by atoms with E-state index in [0.717, 1.165) is 53.5 Å². The number of rotatable bonds is 8. The van der Waals surface area contributed by atoms with Crippen LogP contribution in [-0.2, 0) is 0 Å². The first-order chi connectivity index (χ1) is 24.4. The first-order valence-corrected chi connectivity index (χ1v) is 19.2. The van der Waals surface area contributed by atoms with Gasteiger partial charge in [-0.2, -0.15) is 0 Å². The molecule has 0 radical (unpaired) electrons. The molecule has 0 unspecified atom stereocenters. The van der Waals surface area contributed by atoms with Crippen molar-refractivity contribution >= 4 is 86.5 Å². The van der Waals surface area contributed by atoms with E-state index in [1.54, 1.807) is 0 Å². The van der Waals surface area contributed by atoms with Crippen molar-refractivity contribution in [3.8, 4) is 0 Å². The molecule has 0 amide bonds. The van der Waals surface area contributed by atoms with E-state index in [-0.39, 0.29) is 0 Å². The number of hydrogen-bond donors (Lipinski definition) is 0. The predicted molar refractivity (Wildman–Crippen MR) is 210 cm³/mol. The maximum atomic E-state index is 4.64. The summed E-state index contributed by atoms with van der Waals surface area (Å²) in [6, 6.07) is 31.1. The van der Waals surface area contributed by atoms with Crippen molar-refractivity contribution in [3.63, 3.8) is 0 Å². The fourth-order valence-corrected chi connectivity index (χ4v) is 5.69. The van der Waals surface area contributed by atoms with Crippen LogP contribution in [-0.4, -0.2) is 72.4 Å². The van der Waals surface area contributed by atoms with Crippen molar-refractivity contribution in [2.24, 2.45) is 41.4 Å². The van der Waals surface area contributed by atoms with Crippen LogP contribution >= 0.6 is 63.7 Å². The van der Waals surface area contributed by atoms with E-state index in [9.17, 15) is 0 Å². The van der Waals surface area contributed by atoms with Gasteiger partial charge in [0.1, 0.15) is 0 Å². The third kappa shape index (κ3) is 13.6. The van der Waals surface area contributed by atoms with E-state index in [1.807, 2.05) is 117 Å². The summed E-state index contributed by atoms with van der Waals surface area (Å²) in [5.74, 6) is 0. The van der Waals surface area contributed by atoms with Crippen molar-refractivity contribution < 1.29 is 0 Å². The van der Waals surface area contributed by atoms with Crippen LogP contribution in [0.2, 0.25) is 0 Å². The highest BCUT2D eigenvalue weighted by atomic mass is 79.9. The highest BCUT2D eigenvalue weighted by Gasteiger charge is 2.13. The summed E-state index contributed by atoms with van der Waals surface area (Å²) in [6.07, 6.45) is 1.55. The van der Waals surface area contributed by atoms with Crippen LogP contribution in [0, 0.1) is 0 Å². The topological polar surface area (TPSA) is 112 Å². The molecule has 260 valence electrons. The monoisotopic (exact) mass is 928 g/mol. The van der Waals surface area contributed by atoms with Gasteiger partial charge in [0.2, 0.25) is 0 Å². The lowest BCUT2D eigenvalue weighted by molar-refractivity contribution is 0.152. The quantitative estimate of drug-likeness (QED) is 0.164. The normalized spacial score (nSPS) is 15.9. The van der Waals surface area contributed by atoms with Crippen LogP contribution in [0.15, 0.2) is 156 Å². The highest BCUT2D eigenvalue weighted by molar-refractivity contribution is 9.11. The van der Waals surface area contributed by atoms with Crippen LogP contribution in [0.25, 0.3) is 0 Å². The van der Waals surface area contributed by atoms with Gasteiger partial charge in [-0.15, -0.1) is 20.5 Å². The SMILES string of the molecule is Brc1ccc(N=NN2CCCN(N=Nc3ccc(Br)cc3)CCN(N=Nc3ccc(Br)cc3)CCCN(N=Nc3ccc(Br)cc3)CC2)cc1. The fourth-order valence-electron chi connectivity index (χ4n) is 4.63. The summed E-state index contributed by atoms with van der Waals surface area (Å²) in [5.41, 5.74) is 3.12. The molecule has 0 N–H and O–H groups in total. The third-order valence-electron chi connectivity index (χ3n) is 7.35. The molecule has 0 bridgehead atoms. The molecule has 0 aromatic heterocycles. The maximum Gasteiger partial charge on any atom is 0.0875 e. The Kier molecular flexibility index (Phi) is 15.3. The largest absolute Gasteiger partial charge is 0.277 e. The van der Waals surface area contributed by atoms with Gasteiger partial charge in [0.05, 0.1) is 48.9 Å². The van der Waals surface area contributed by atoms with E-state index in [2.05, 4.69) is 105 Å². The molecule has 4 aromatic carbocycles. The van der Waals surface area contributed by atoms with Crippen LogP contribution < -0.4 is 0 Å². The molecule has 16 heteroatoms. The van der Waals surface area contributed by atoms with Gasteiger partial charge in [0.25, 0.3) is 0 Å². The summed E-state index contributed by atoms with van der Waals surface area (Å²) in [4.78, 5) is 0. The van der Waals surface area contributed by atoms with Crippen molar-refractivity contribution in [3.05, 3.63) is 115 Å². The standard InChI is InChI=1S/C34H36Br4N12/c35-27-3-11-31(12-4-27)39-43-47-19-1-20-48(44-40-32-13-5-28(36)6-14-32)24-26-50(46-42-34-17-9-30(38)10-18-34)22-2-21-49(25-23-47)45-41-33-15-7-29(37)8-16-33/h3-18H,1-2,19-26H2. The molecule has 1 aliphatic heterocycles. The summed E-state index contributed by atoms with van der Waals surface area (Å²) < 4.78 is 3.97. The minimum Gasteiger partial charge on any atom is -0.277 e. The zero-order valence-electron chi connectivity index (χ0n) is 27.2. The van der Waals surface area contributed by atoms with E-state index >= 15 is 0 Å². The lowest BCUT2D eigenvalue weighted by Crippen LogP contribution is -2.36. The van der Waals surface area contributed by atoms with E-state index in [1.165, 1.54) is 0 Å². The second-order valence-corrected chi connectivity index (χ2v) is 14.8. The zero-order valence-corrected chi connectivity index (χ0v) is 33.5. The molecule has 0 saturated carbocycles. The smallest absolute Gasteiger partial charge is 0.0875 e. The molecule has 0 atom stereocenters. The summed E-state index contributed by atoms with van der Waals surface area (Å²) in [6.45, 7) is 5.06. The molecule has 1 heterocycles. The first kappa shape index (κ1) is 37.7. The second kappa shape index (κ2) is 20.3. The zero-order chi connectivity index (χ0) is 35.0. The van der Waals surface area contributed by atoms with Crippen LogP contribution in [0.3, 0.4) is 0 Å². The second-order valence-electron chi connectivity index (χ2n) is 11.2. The molecule has 0 aliphatic carbocycles. The van der Waals surface area contributed by atoms with Crippen molar-refractivity contribution in [2.45, 2.75) is 12.8 Å². The van der Waals surface area contributed by atoms with Gasteiger partial charge in [-0.3, -0.25) is 20.0 Å². The lowest BCUT2D eigenvalue weighted by Gasteiger charge is -2.27. The first-order valence-electron chi connectivity index (χ1n) is 16.1. The number of benzene rings is 4. The van der Waals surface area contributed by atoms with Gasteiger partial charge < -0.3 is 0 Å². The number of hydrogen-bond acceptors (Lipinski definition) is 8. The molecule has 50 heavy (non-hydrogen) atoms. The molecule has 0 spiro atoms. The van der Waals surface area contributed by atoms with E-state index < -0.39 is 0 Å². The van der Waals surface area contributed by atoms with Gasteiger partial charge in [0, 0.05) is 44.1 Å². The summed E-state index contributed by atoms with van der Waals surface area (Å²) in [5, 5.41) is 44.6. The van der Waals surface area contributed by atoms with Gasteiger partial charge in [-0.05, 0) is 110 Å². The van der Waals surface area contributed by atoms with Crippen molar-refractivity contribution in [1.82, 2.24) is 20.0 Å². The predicted octanol–water partition coefficient (Wildman–Crippen LogP) is 11.8. The Balaban J connectivity index is 1.35. The Hall–Kier alpha value is -3.60. The molecule has 12 nitrogen and oxygen atoms in total. The maximum absolute atomic E-state index is 4.64. The fraction of sp³-hybridized carbons (Fsp3) is 0.294. The van der Waals surface area contributed by atoms with Gasteiger partial charge in [0.15, 0.2) is 0 Å². The molecular weight excluding hydrogens is 896 g/mol. The lowest BCUT2D eigenvalue weighted by atomic mass is 10.3. The molecule has 1 fully saturated rings. The average molecular weight is 932 g/mol. The molecule has 1 aliphatic rings. The Morgan fingerprint density at radius 1 is 0.300 bits per heavy atom. The van der Waals surface area contributed by atoms with Gasteiger partial charge in [-0.25, -0.2) is 0 Å². The number of nitrogens with zero attached hydrogens (tertiary/aromatic N) is 12. The van der Waals surface area contributed by atoms with Crippen LogP contribution in [0.4, 0.5) is 22.7 Å². The highest BCUT2D eigenvalue weighted by Crippen LogP contribution is 2.21. The minimum atomic E-state index is 0.604. The Labute approximate surface area is 325 Å². The molecule has 1 saturated heterocycles. The third-order valence-corrected chi connectivity index (χ3v) is 9.47. The Bertz CT molecular complexity index is 1460. The number of halogens is 4. The Morgan fingerprint density at radius 3 is 0.700 bits per heavy atom. The van der Waals surface area contributed by atoms with E-state index in [0.29, 0.717) is 52.4 Å². The molecular formula is C34H36Br4N12. The molecule has 4 aromatic rings. The minimum absolute atomic E-state index is 0.604. The summed E-state index contributed by atoms with van der Waals surface area (Å²) in [7, 11) is 0. The van der Waals surface area contributed by atoms with Gasteiger partial charge in [-0.1, -0.05) is 84.6 Å². The van der Waals surface area contributed by atoms with Crippen molar-refractivity contribution in [1.29, 1.82) is 0 Å². The summed E-state index contributed by atoms with van der Waals surface area (Å²) >= 11 is 14.0. The van der Waals surface area contributed by atoms with Gasteiger partial charge >= 0.3 is 0 Å². The van der Waals surface area contributed by atoms with Crippen molar-refractivity contribution in [2.75, 3.05) is 52.4 Å². The van der Waals surface area contributed by atoms with Crippen LogP contribution in [0.1, 0.15) is 12.8 Å². The average Bonchev–Trinajstić information content (AvgIpc) is 3.12. The molecule has 5 rings (SSSR count). The Morgan fingerprint density at radius 2 is 0.500 bits per heavy atom.